The number of nitrogens with one attached hydrogen (secondary N) is 2. The van der Waals surface area contributed by atoms with E-state index >= 15 is 0 Å². The van der Waals surface area contributed by atoms with Gasteiger partial charge in [-0.25, -0.2) is 4.79 Å². The molecule has 5 nitrogen and oxygen atoms in total. The van der Waals surface area contributed by atoms with Gasteiger partial charge in [0.05, 0.1) is 6.20 Å². The topological polar surface area (TPSA) is 59.0 Å². The minimum absolute atomic E-state index is 0.153. The molecular formula is C15H20N4OS. The summed E-state index contributed by atoms with van der Waals surface area (Å²) in [5.41, 5.74) is 0.986. The third-order valence-electron chi connectivity index (χ3n) is 2.84. The van der Waals surface area contributed by atoms with Crippen LogP contribution in [0.1, 0.15) is 12.5 Å². The molecule has 1 heterocycles. The van der Waals surface area contributed by atoms with Gasteiger partial charge in [-0.05, 0) is 12.1 Å². The van der Waals surface area contributed by atoms with E-state index in [4.69, 9.17) is 0 Å². The van der Waals surface area contributed by atoms with Gasteiger partial charge >= 0.3 is 6.03 Å². The first-order chi connectivity index (χ1) is 10.1. The zero-order valence-corrected chi connectivity index (χ0v) is 13.1. The monoisotopic (exact) mass is 304 g/mol. The fraction of sp³-hybridized carbons (Fsp3) is 0.333. The molecule has 0 aliphatic rings. The third-order valence-corrected chi connectivity index (χ3v) is 3.96. The van der Waals surface area contributed by atoms with Crippen LogP contribution < -0.4 is 10.6 Å². The van der Waals surface area contributed by atoms with E-state index in [9.17, 15) is 4.79 Å². The first-order valence-corrected chi connectivity index (χ1v) is 7.72. The van der Waals surface area contributed by atoms with Gasteiger partial charge in [-0.15, -0.1) is 11.8 Å². The van der Waals surface area contributed by atoms with Crippen LogP contribution in [0.4, 0.5) is 4.79 Å². The molecule has 21 heavy (non-hydrogen) atoms. The summed E-state index contributed by atoms with van der Waals surface area (Å²) in [5, 5.41) is 10.1. The summed E-state index contributed by atoms with van der Waals surface area (Å²) >= 11 is 1.75. The summed E-state index contributed by atoms with van der Waals surface area (Å²) in [5.74, 6) is 0. The smallest absolute Gasteiger partial charge is 0.315 e. The predicted octanol–water partition coefficient (Wildman–Crippen LogP) is 2.40. The molecule has 0 fully saturated rings. The molecule has 6 heteroatoms. The van der Waals surface area contributed by atoms with Crippen molar-refractivity contribution in [3.8, 4) is 0 Å². The molecule has 1 atom stereocenters. The lowest BCUT2D eigenvalue weighted by Crippen LogP contribution is -2.38. The van der Waals surface area contributed by atoms with Crippen molar-refractivity contribution < 1.29 is 4.79 Å². The van der Waals surface area contributed by atoms with Gasteiger partial charge in [0, 0.05) is 42.0 Å². The first-order valence-electron chi connectivity index (χ1n) is 6.84. The van der Waals surface area contributed by atoms with Gasteiger partial charge in [-0.3, -0.25) is 4.68 Å². The summed E-state index contributed by atoms with van der Waals surface area (Å²) in [6.45, 7) is 3.21. The fourth-order valence-electron chi connectivity index (χ4n) is 1.82. The van der Waals surface area contributed by atoms with E-state index in [1.165, 1.54) is 4.90 Å². The molecule has 0 saturated heterocycles. The number of hydrogen-bond acceptors (Lipinski definition) is 3. The highest BCUT2D eigenvalue weighted by Gasteiger charge is 2.07. The standard InChI is InChI=1S/C15H20N4OS/c1-12(21-14-6-4-3-5-7-14)8-16-15(20)17-9-13-10-18-19(2)11-13/h3-7,10-12H,8-9H2,1-2H3,(H2,16,17,20)/t12-/m1/s1. The van der Waals surface area contributed by atoms with Crippen molar-refractivity contribution in [3.63, 3.8) is 0 Å². The second kappa shape index (κ2) is 7.73. The average Bonchev–Trinajstić information content (AvgIpc) is 2.90. The largest absolute Gasteiger partial charge is 0.337 e. The molecule has 0 bridgehead atoms. The number of benzene rings is 1. The highest BCUT2D eigenvalue weighted by molar-refractivity contribution is 8.00. The average molecular weight is 304 g/mol. The molecule has 2 aromatic rings. The van der Waals surface area contributed by atoms with E-state index in [1.807, 2.05) is 31.4 Å². The van der Waals surface area contributed by atoms with Crippen molar-refractivity contribution in [2.24, 2.45) is 7.05 Å². The van der Waals surface area contributed by atoms with Crippen LogP contribution in [0, 0.1) is 0 Å². The van der Waals surface area contributed by atoms with Gasteiger partial charge in [0.15, 0.2) is 0 Å². The first kappa shape index (κ1) is 15.4. The third kappa shape index (κ3) is 5.51. The van der Waals surface area contributed by atoms with Gasteiger partial charge in [0.2, 0.25) is 0 Å². The predicted molar refractivity (Wildman–Crippen MR) is 85.2 cm³/mol. The Morgan fingerprint density at radius 3 is 2.76 bits per heavy atom. The molecule has 2 amide bonds. The normalized spacial score (nSPS) is 11.9. The Kier molecular flexibility index (Phi) is 5.68. The number of aryl methyl sites for hydroxylation is 1. The second-order valence-electron chi connectivity index (χ2n) is 4.83. The number of rotatable bonds is 6. The number of aromatic nitrogens is 2. The van der Waals surface area contributed by atoms with E-state index < -0.39 is 0 Å². The Morgan fingerprint density at radius 1 is 1.33 bits per heavy atom. The maximum absolute atomic E-state index is 11.7. The molecule has 2 rings (SSSR count). The van der Waals surface area contributed by atoms with Crippen LogP contribution in [0.25, 0.3) is 0 Å². The summed E-state index contributed by atoms with van der Waals surface area (Å²) in [7, 11) is 1.85. The highest BCUT2D eigenvalue weighted by Crippen LogP contribution is 2.21. The van der Waals surface area contributed by atoms with Crippen molar-refractivity contribution >= 4 is 17.8 Å². The molecule has 1 aromatic carbocycles. The lowest BCUT2D eigenvalue weighted by atomic mass is 10.4. The lowest BCUT2D eigenvalue weighted by molar-refractivity contribution is 0.240. The quantitative estimate of drug-likeness (QED) is 0.806. The molecule has 112 valence electrons. The Morgan fingerprint density at radius 2 is 2.10 bits per heavy atom. The van der Waals surface area contributed by atoms with Crippen LogP contribution in [0.2, 0.25) is 0 Å². The SMILES string of the molecule is C[C@H](CNC(=O)NCc1cnn(C)c1)Sc1ccccc1. The molecule has 1 aromatic heterocycles. The number of carbonyl (C=O) groups is 1. The lowest BCUT2D eigenvalue weighted by Gasteiger charge is -2.12. The van der Waals surface area contributed by atoms with Gasteiger partial charge in [-0.2, -0.15) is 5.10 Å². The van der Waals surface area contributed by atoms with Crippen LogP contribution in [0.15, 0.2) is 47.6 Å². The molecule has 0 spiro atoms. The van der Waals surface area contributed by atoms with Crippen molar-refractivity contribution in [1.29, 1.82) is 0 Å². The second-order valence-corrected chi connectivity index (χ2v) is 6.34. The molecule has 0 aliphatic carbocycles. The molecule has 0 saturated carbocycles. The number of nitrogens with zero attached hydrogens (tertiary/aromatic N) is 2. The van der Waals surface area contributed by atoms with E-state index in [1.54, 1.807) is 22.6 Å². The van der Waals surface area contributed by atoms with Crippen LogP contribution in [-0.2, 0) is 13.6 Å². The molecular weight excluding hydrogens is 284 g/mol. The summed E-state index contributed by atoms with van der Waals surface area (Å²) in [6.07, 6.45) is 3.63. The molecule has 0 aliphatic heterocycles. The molecule has 0 radical (unpaired) electrons. The summed E-state index contributed by atoms with van der Waals surface area (Å²) < 4.78 is 1.72. The number of carbonyl (C=O) groups excluding carboxylic acids is 1. The van der Waals surface area contributed by atoms with E-state index in [0.717, 1.165) is 5.56 Å². The van der Waals surface area contributed by atoms with Crippen LogP contribution in [0.3, 0.4) is 0 Å². The van der Waals surface area contributed by atoms with E-state index in [0.29, 0.717) is 18.3 Å². The van der Waals surface area contributed by atoms with E-state index in [2.05, 4.69) is 34.8 Å². The molecule has 2 N–H and O–H groups in total. The Labute approximate surface area is 129 Å². The number of thioether (sulfide) groups is 1. The van der Waals surface area contributed by atoms with Crippen LogP contribution in [0.5, 0.6) is 0 Å². The van der Waals surface area contributed by atoms with Gasteiger partial charge in [-0.1, -0.05) is 25.1 Å². The van der Waals surface area contributed by atoms with Crippen LogP contribution in [-0.4, -0.2) is 27.6 Å². The Hall–Kier alpha value is -1.95. The Balaban J connectivity index is 1.66. The van der Waals surface area contributed by atoms with Crippen LogP contribution >= 0.6 is 11.8 Å². The summed E-state index contributed by atoms with van der Waals surface area (Å²) in [6, 6.07) is 10.0. The number of urea groups is 1. The number of hydrogen-bond donors (Lipinski definition) is 2. The fourth-order valence-corrected chi connectivity index (χ4v) is 2.76. The molecule has 0 unspecified atom stereocenters. The zero-order chi connectivity index (χ0) is 15.1. The van der Waals surface area contributed by atoms with Crippen molar-refractivity contribution in [3.05, 3.63) is 48.3 Å². The minimum Gasteiger partial charge on any atom is -0.337 e. The van der Waals surface area contributed by atoms with E-state index in [-0.39, 0.29) is 6.03 Å². The van der Waals surface area contributed by atoms with Crippen molar-refractivity contribution in [1.82, 2.24) is 20.4 Å². The van der Waals surface area contributed by atoms with Crippen molar-refractivity contribution in [2.75, 3.05) is 6.54 Å². The maximum atomic E-state index is 11.7. The minimum atomic E-state index is -0.153. The van der Waals surface area contributed by atoms with Crippen molar-refractivity contribution in [2.45, 2.75) is 23.6 Å². The van der Waals surface area contributed by atoms with Gasteiger partial charge < -0.3 is 10.6 Å². The maximum Gasteiger partial charge on any atom is 0.315 e. The van der Waals surface area contributed by atoms with Gasteiger partial charge in [0.25, 0.3) is 0 Å². The van der Waals surface area contributed by atoms with Gasteiger partial charge in [0.1, 0.15) is 0 Å². The highest BCUT2D eigenvalue weighted by atomic mass is 32.2. The number of amides is 2. The summed E-state index contributed by atoms with van der Waals surface area (Å²) in [4.78, 5) is 12.9. The Bertz CT molecular complexity index is 570. The zero-order valence-electron chi connectivity index (χ0n) is 12.2.